The van der Waals surface area contributed by atoms with Crippen molar-refractivity contribution < 1.29 is 14.7 Å². The molecule has 2 N–H and O–H groups in total. The maximum atomic E-state index is 11.1. The van der Waals surface area contributed by atoms with E-state index in [4.69, 9.17) is 5.11 Å². The van der Waals surface area contributed by atoms with Crippen LogP contribution >= 0.6 is 0 Å². The first-order chi connectivity index (χ1) is 8.58. The van der Waals surface area contributed by atoms with Crippen LogP contribution in [0.1, 0.15) is 23.7 Å². The summed E-state index contributed by atoms with van der Waals surface area (Å²) in [5, 5.41) is 11.9. The zero-order chi connectivity index (χ0) is 13.1. The molecule has 0 radical (unpaired) electrons. The molecule has 1 aromatic rings. The first-order valence-electron chi connectivity index (χ1n) is 5.77. The van der Waals surface area contributed by atoms with Gasteiger partial charge in [-0.1, -0.05) is 0 Å². The van der Waals surface area contributed by atoms with Crippen molar-refractivity contribution in [3.05, 3.63) is 24.0 Å². The summed E-state index contributed by atoms with van der Waals surface area (Å²) in [5.74, 6) is -1.05. The van der Waals surface area contributed by atoms with Crippen molar-refractivity contribution >= 4 is 17.6 Å². The van der Waals surface area contributed by atoms with Gasteiger partial charge in [0.1, 0.15) is 5.56 Å². The number of carbonyl (C=O) groups is 2. The monoisotopic (exact) mass is 249 g/mol. The molecule has 0 aromatic carbocycles. The molecule has 1 saturated heterocycles. The normalized spacial score (nSPS) is 18.7. The molecule has 0 aliphatic carbocycles. The molecular weight excluding hydrogens is 234 g/mol. The smallest absolute Gasteiger partial charge is 0.339 e. The highest BCUT2D eigenvalue weighted by Crippen LogP contribution is 2.23. The number of hydrogen-bond donors (Lipinski definition) is 2. The van der Waals surface area contributed by atoms with Gasteiger partial charge in [-0.25, -0.2) is 4.79 Å². The lowest BCUT2D eigenvalue weighted by atomic mass is 10.2. The van der Waals surface area contributed by atoms with E-state index in [9.17, 15) is 9.59 Å². The number of anilines is 1. The first-order valence-corrected chi connectivity index (χ1v) is 5.77. The van der Waals surface area contributed by atoms with Gasteiger partial charge in [0, 0.05) is 38.4 Å². The van der Waals surface area contributed by atoms with Crippen LogP contribution in [0.15, 0.2) is 18.5 Å². The van der Waals surface area contributed by atoms with E-state index in [1.165, 1.54) is 13.1 Å². The third-order valence-electron chi connectivity index (χ3n) is 2.96. The summed E-state index contributed by atoms with van der Waals surface area (Å²) in [4.78, 5) is 27.9. The molecule has 0 saturated carbocycles. The molecule has 18 heavy (non-hydrogen) atoms. The summed E-state index contributed by atoms with van der Waals surface area (Å²) >= 11 is 0. The van der Waals surface area contributed by atoms with Gasteiger partial charge in [0.05, 0.1) is 5.69 Å². The zero-order valence-electron chi connectivity index (χ0n) is 10.1. The van der Waals surface area contributed by atoms with E-state index >= 15 is 0 Å². The van der Waals surface area contributed by atoms with Gasteiger partial charge in [-0.05, 0) is 12.5 Å². The van der Waals surface area contributed by atoms with E-state index in [1.807, 2.05) is 4.90 Å². The van der Waals surface area contributed by atoms with Crippen LogP contribution in [0.2, 0.25) is 0 Å². The van der Waals surface area contributed by atoms with Crippen LogP contribution in [0, 0.1) is 0 Å². The molecule has 96 valence electrons. The summed E-state index contributed by atoms with van der Waals surface area (Å²) in [6.07, 6.45) is 3.75. The Bertz CT molecular complexity index is 475. The predicted octanol–water partition coefficient (Wildman–Crippen LogP) is 0.495. The van der Waals surface area contributed by atoms with E-state index in [2.05, 4.69) is 10.3 Å². The van der Waals surface area contributed by atoms with Gasteiger partial charge in [0.15, 0.2) is 0 Å². The molecule has 6 nitrogen and oxygen atoms in total. The van der Waals surface area contributed by atoms with Crippen molar-refractivity contribution in [2.45, 2.75) is 19.4 Å². The van der Waals surface area contributed by atoms with Crippen LogP contribution in [0.3, 0.4) is 0 Å². The van der Waals surface area contributed by atoms with E-state index in [-0.39, 0.29) is 17.5 Å². The van der Waals surface area contributed by atoms with Crippen LogP contribution in [-0.4, -0.2) is 41.1 Å². The number of hydrogen-bond acceptors (Lipinski definition) is 4. The van der Waals surface area contributed by atoms with E-state index in [0.717, 1.165) is 13.0 Å². The number of nitrogens with one attached hydrogen (secondary N) is 1. The molecule has 6 heteroatoms. The Morgan fingerprint density at radius 2 is 2.33 bits per heavy atom. The van der Waals surface area contributed by atoms with Crippen molar-refractivity contribution in [3.63, 3.8) is 0 Å². The number of carboxylic acid groups (broad SMARTS) is 1. The molecule has 1 aliphatic heterocycles. The SMILES string of the molecule is CC(=O)NC1CCN(c2ccncc2C(=O)O)C1. The Morgan fingerprint density at radius 3 is 3.00 bits per heavy atom. The lowest BCUT2D eigenvalue weighted by molar-refractivity contribution is -0.119. The van der Waals surface area contributed by atoms with Crippen molar-refractivity contribution in [1.82, 2.24) is 10.3 Å². The van der Waals surface area contributed by atoms with Crippen LogP contribution in [0.4, 0.5) is 5.69 Å². The Kier molecular flexibility index (Phi) is 3.45. The van der Waals surface area contributed by atoms with Crippen molar-refractivity contribution in [1.29, 1.82) is 0 Å². The molecule has 1 fully saturated rings. The second kappa shape index (κ2) is 5.03. The van der Waals surface area contributed by atoms with Gasteiger partial charge >= 0.3 is 5.97 Å². The fourth-order valence-corrected chi connectivity index (χ4v) is 2.21. The molecular formula is C12H15N3O3. The van der Waals surface area contributed by atoms with Gasteiger partial charge in [0.25, 0.3) is 0 Å². The highest BCUT2D eigenvalue weighted by Gasteiger charge is 2.26. The fourth-order valence-electron chi connectivity index (χ4n) is 2.21. The molecule has 1 aromatic heterocycles. The summed E-state index contributed by atoms with van der Waals surface area (Å²) < 4.78 is 0. The maximum Gasteiger partial charge on any atom is 0.339 e. The minimum Gasteiger partial charge on any atom is -0.478 e. The van der Waals surface area contributed by atoms with Crippen LogP contribution in [-0.2, 0) is 4.79 Å². The van der Waals surface area contributed by atoms with Crippen LogP contribution < -0.4 is 10.2 Å². The number of carbonyl (C=O) groups excluding carboxylic acids is 1. The molecule has 1 amide bonds. The topological polar surface area (TPSA) is 82.5 Å². The van der Waals surface area contributed by atoms with Crippen molar-refractivity contribution in [2.24, 2.45) is 0 Å². The Balaban J connectivity index is 2.14. The minimum atomic E-state index is -0.985. The standard InChI is InChI=1S/C12H15N3O3/c1-8(16)14-9-3-5-15(7-9)11-2-4-13-6-10(11)12(17)18/h2,4,6,9H,3,5,7H2,1H3,(H,14,16)(H,17,18). The van der Waals surface area contributed by atoms with E-state index in [1.54, 1.807) is 12.3 Å². The minimum absolute atomic E-state index is 0.0602. The number of nitrogens with zero attached hydrogens (tertiary/aromatic N) is 2. The Morgan fingerprint density at radius 1 is 1.56 bits per heavy atom. The largest absolute Gasteiger partial charge is 0.478 e. The summed E-state index contributed by atoms with van der Waals surface area (Å²) in [6, 6.07) is 1.77. The summed E-state index contributed by atoms with van der Waals surface area (Å²) in [6.45, 7) is 2.84. The van der Waals surface area contributed by atoms with Crippen molar-refractivity contribution in [2.75, 3.05) is 18.0 Å². The van der Waals surface area contributed by atoms with Crippen molar-refractivity contribution in [3.8, 4) is 0 Å². The van der Waals surface area contributed by atoms with Gasteiger partial charge in [-0.2, -0.15) is 0 Å². The van der Waals surface area contributed by atoms with Gasteiger partial charge in [-0.3, -0.25) is 9.78 Å². The van der Waals surface area contributed by atoms with Crippen LogP contribution in [0.25, 0.3) is 0 Å². The molecule has 1 aliphatic rings. The summed E-state index contributed by atoms with van der Waals surface area (Å²) in [5.41, 5.74) is 0.853. The number of aromatic carboxylic acids is 1. The number of carboxylic acids is 1. The number of pyridine rings is 1. The Hall–Kier alpha value is -2.11. The number of amides is 1. The number of aromatic nitrogens is 1. The highest BCUT2D eigenvalue weighted by molar-refractivity contribution is 5.94. The highest BCUT2D eigenvalue weighted by atomic mass is 16.4. The van der Waals surface area contributed by atoms with E-state index in [0.29, 0.717) is 12.2 Å². The zero-order valence-corrected chi connectivity index (χ0v) is 10.1. The molecule has 2 heterocycles. The maximum absolute atomic E-state index is 11.1. The quantitative estimate of drug-likeness (QED) is 0.815. The lowest BCUT2D eigenvalue weighted by Crippen LogP contribution is -2.35. The fraction of sp³-hybridized carbons (Fsp3) is 0.417. The van der Waals surface area contributed by atoms with Gasteiger partial charge in [-0.15, -0.1) is 0 Å². The lowest BCUT2D eigenvalue weighted by Gasteiger charge is -2.20. The third kappa shape index (κ3) is 2.58. The predicted molar refractivity (Wildman–Crippen MR) is 65.6 cm³/mol. The van der Waals surface area contributed by atoms with Gasteiger partial charge in [0.2, 0.25) is 5.91 Å². The van der Waals surface area contributed by atoms with Gasteiger partial charge < -0.3 is 15.3 Å². The molecule has 0 spiro atoms. The average Bonchev–Trinajstić information content (AvgIpc) is 2.76. The molecule has 0 bridgehead atoms. The average molecular weight is 249 g/mol. The van der Waals surface area contributed by atoms with E-state index < -0.39 is 5.97 Å². The van der Waals surface area contributed by atoms with Crippen LogP contribution in [0.5, 0.6) is 0 Å². The molecule has 1 unspecified atom stereocenters. The second-order valence-electron chi connectivity index (χ2n) is 4.33. The molecule has 2 rings (SSSR count). The second-order valence-corrected chi connectivity index (χ2v) is 4.33. The number of rotatable bonds is 3. The first kappa shape index (κ1) is 12.3. The Labute approximate surface area is 105 Å². The third-order valence-corrected chi connectivity index (χ3v) is 2.96. The molecule has 1 atom stereocenters. The summed E-state index contributed by atoms with van der Waals surface area (Å²) in [7, 11) is 0.